The molecule has 196 valence electrons. The van der Waals surface area contributed by atoms with Crippen molar-refractivity contribution in [3.63, 3.8) is 0 Å². The molecular weight excluding hydrogens is 490 g/mol. The molecule has 0 saturated carbocycles. The molecule has 0 aliphatic carbocycles. The van der Waals surface area contributed by atoms with E-state index in [0.717, 1.165) is 45.2 Å². The number of rotatable bonds is 6. The molecule has 0 spiro atoms. The zero-order chi connectivity index (χ0) is 26.8. The summed E-state index contributed by atoms with van der Waals surface area (Å²) in [5.74, 6) is 0.0578. The monoisotopic (exact) mass is 526 g/mol. The van der Waals surface area contributed by atoms with E-state index in [2.05, 4.69) is 86.8 Å². The van der Waals surface area contributed by atoms with Crippen molar-refractivity contribution in [3.8, 4) is 11.3 Å². The lowest BCUT2D eigenvalue weighted by molar-refractivity contribution is -0.710. The average Bonchev–Trinajstić information content (AvgIpc) is 3.48. The van der Waals surface area contributed by atoms with Gasteiger partial charge in [-0.25, -0.2) is 0 Å². The van der Waals surface area contributed by atoms with Crippen molar-refractivity contribution >= 4 is 43.4 Å². The fourth-order valence-electron chi connectivity index (χ4n) is 6.39. The Morgan fingerprint density at radius 1 is 1.13 bits per heavy atom. The molecule has 4 heterocycles. The molecule has 3 aromatic heterocycles. The topological polar surface area (TPSA) is 46.5 Å². The summed E-state index contributed by atoms with van der Waals surface area (Å²) in [6, 6.07) is 13.3. The van der Waals surface area contributed by atoms with Gasteiger partial charge in [-0.1, -0.05) is 45.5 Å². The second-order valence-electron chi connectivity index (χ2n) is 12.0. The number of aryl methyl sites for hydroxylation is 1. The van der Waals surface area contributed by atoms with E-state index in [1.807, 2.05) is 0 Å². The number of aromatic nitrogens is 1. The van der Waals surface area contributed by atoms with Crippen molar-refractivity contribution in [1.82, 2.24) is 0 Å². The lowest BCUT2D eigenvalue weighted by Gasteiger charge is -2.32. The third kappa shape index (κ3) is 4.00. The van der Waals surface area contributed by atoms with Crippen LogP contribution in [-0.4, -0.2) is 25.4 Å². The van der Waals surface area contributed by atoms with Crippen LogP contribution < -0.4 is 4.57 Å². The Morgan fingerprint density at radius 3 is 2.63 bits per heavy atom. The van der Waals surface area contributed by atoms with Gasteiger partial charge in [0.15, 0.2) is 17.8 Å². The zero-order valence-corrected chi connectivity index (χ0v) is 23.7. The number of ether oxygens (including phenoxy) is 1. The van der Waals surface area contributed by atoms with E-state index in [4.69, 9.17) is 9.15 Å². The average molecular weight is 527 g/mol. The number of nitrogens with zero attached hydrogens (tertiary/aromatic N) is 1. The van der Waals surface area contributed by atoms with Gasteiger partial charge in [-0.2, -0.15) is 4.57 Å². The molecule has 0 bridgehead atoms. The molecule has 1 aliphatic heterocycles. The fourth-order valence-corrected chi connectivity index (χ4v) is 7.27. The minimum atomic E-state index is -0.0159. The van der Waals surface area contributed by atoms with E-state index >= 15 is 0 Å². The van der Waals surface area contributed by atoms with Crippen LogP contribution in [0.25, 0.3) is 43.3 Å². The molecule has 2 atom stereocenters. The number of hydrogen-bond donors (Lipinski definition) is 1. The van der Waals surface area contributed by atoms with Gasteiger partial charge in [0.05, 0.1) is 22.8 Å². The van der Waals surface area contributed by atoms with E-state index in [0.29, 0.717) is 13.0 Å². The molecule has 4 nitrogen and oxygen atoms in total. The Balaban J connectivity index is 1.70. The van der Waals surface area contributed by atoms with E-state index in [1.54, 1.807) is 18.4 Å². The molecule has 38 heavy (non-hydrogen) atoms. The van der Waals surface area contributed by atoms with Gasteiger partial charge in [-0.3, -0.25) is 0 Å². The summed E-state index contributed by atoms with van der Waals surface area (Å²) in [4.78, 5) is 0. The molecule has 0 amide bonds. The number of methoxy groups -OCH3 is 1. The van der Waals surface area contributed by atoms with E-state index in [9.17, 15) is 5.11 Å². The number of fused-ring (bicyclic) bond motifs is 9. The quantitative estimate of drug-likeness (QED) is 0.181. The van der Waals surface area contributed by atoms with Crippen molar-refractivity contribution in [3.05, 3.63) is 76.8 Å². The van der Waals surface area contributed by atoms with Crippen molar-refractivity contribution in [2.45, 2.75) is 52.5 Å². The van der Waals surface area contributed by atoms with Crippen LogP contribution in [0.5, 0.6) is 0 Å². The van der Waals surface area contributed by atoms with E-state index in [1.165, 1.54) is 26.8 Å². The van der Waals surface area contributed by atoms with Gasteiger partial charge in [0.2, 0.25) is 5.69 Å². The van der Waals surface area contributed by atoms with E-state index in [-0.39, 0.29) is 24.0 Å². The highest BCUT2D eigenvalue weighted by molar-refractivity contribution is 7.18. The molecule has 2 unspecified atom stereocenters. The van der Waals surface area contributed by atoms with Crippen LogP contribution in [-0.2, 0) is 11.2 Å². The van der Waals surface area contributed by atoms with Gasteiger partial charge in [-0.15, -0.1) is 11.3 Å². The van der Waals surface area contributed by atoms with Gasteiger partial charge in [0.25, 0.3) is 0 Å². The number of aliphatic hydroxyl groups is 1. The van der Waals surface area contributed by atoms with Crippen molar-refractivity contribution in [2.24, 2.45) is 5.41 Å². The predicted molar refractivity (Wildman–Crippen MR) is 157 cm³/mol. The van der Waals surface area contributed by atoms with Crippen molar-refractivity contribution in [2.75, 3.05) is 20.3 Å². The minimum Gasteiger partial charge on any atom is -0.454 e. The summed E-state index contributed by atoms with van der Waals surface area (Å²) in [5, 5.41) is 15.8. The number of aliphatic hydroxyl groups excluding tert-OH is 1. The summed E-state index contributed by atoms with van der Waals surface area (Å²) < 4.78 is 15.9. The van der Waals surface area contributed by atoms with E-state index < -0.39 is 0 Å². The fraction of sp³-hybridized carbons (Fsp3) is 0.364. The molecule has 5 aromatic rings. The molecule has 0 fully saturated rings. The van der Waals surface area contributed by atoms with Crippen molar-refractivity contribution < 1.29 is 18.8 Å². The standard InChI is InChI=1S/C33H36NO3S/c1-19-17-34-27(15-22(19)16-33(3,4)5)28-23(24(11-13-35)29(34)20(2)18-36-6)9-10-25-26-8-7-21-12-14-38-32(21)31(26)37-30(25)28/h7-10,12,14-15,17,24,29,35H,2,11,13,16,18H2,1,3-6H3/q+1. The maximum Gasteiger partial charge on any atom is 0.217 e. The summed E-state index contributed by atoms with van der Waals surface area (Å²) >= 11 is 1.73. The first-order chi connectivity index (χ1) is 18.2. The summed E-state index contributed by atoms with van der Waals surface area (Å²) in [6.07, 6.45) is 3.91. The highest BCUT2D eigenvalue weighted by Crippen LogP contribution is 2.48. The van der Waals surface area contributed by atoms with Gasteiger partial charge < -0.3 is 14.3 Å². The molecule has 2 aromatic carbocycles. The highest BCUT2D eigenvalue weighted by Gasteiger charge is 2.43. The summed E-state index contributed by atoms with van der Waals surface area (Å²) in [5.41, 5.74) is 9.16. The summed E-state index contributed by atoms with van der Waals surface area (Å²) in [6.45, 7) is 14.1. The molecule has 0 radical (unpaired) electrons. The van der Waals surface area contributed by atoms with Gasteiger partial charge >= 0.3 is 0 Å². The predicted octanol–water partition coefficient (Wildman–Crippen LogP) is 7.88. The lowest BCUT2D eigenvalue weighted by Crippen LogP contribution is -2.49. The third-order valence-corrected chi connectivity index (χ3v) is 8.86. The molecule has 6 rings (SSSR count). The van der Waals surface area contributed by atoms with Crippen LogP contribution in [0.1, 0.15) is 55.8 Å². The Labute approximate surface area is 228 Å². The van der Waals surface area contributed by atoms with Crippen molar-refractivity contribution in [1.29, 1.82) is 0 Å². The molecule has 1 N–H and O–H groups in total. The number of thiophene rings is 1. The first kappa shape index (κ1) is 25.3. The Morgan fingerprint density at radius 2 is 1.89 bits per heavy atom. The van der Waals surface area contributed by atoms with Crippen LogP contribution in [0.2, 0.25) is 0 Å². The van der Waals surface area contributed by atoms with Gasteiger partial charge in [-0.05, 0) is 59.2 Å². The first-order valence-corrected chi connectivity index (χ1v) is 14.3. The van der Waals surface area contributed by atoms with Crippen LogP contribution >= 0.6 is 11.3 Å². The lowest BCUT2D eigenvalue weighted by atomic mass is 9.77. The number of furan rings is 1. The largest absolute Gasteiger partial charge is 0.454 e. The maximum atomic E-state index is 10.2. The van der Waals surface area contributed by atoms with Gasteiger partial charge in [0, 0.05) is 41.7 Å². The third-order valence-electron chi connectivity index (χ3n) is 7.93. The molecule has 0 saturated heterocycles. The van der Waals surface area contributed by atoms with Crippen LogP contribution in [0.15, 0.2) is 64.5 Å². The number of benzene rings is 2. The summed E-state index contributed by atoms with van der Waals surface area (Å²) in [7, 11) is 1.72. The second kappa shape index (κ2) is 9.33. The maximum absolute atomic E-state index is 10.2. The molecular formula is C33H36NO3S+. The number of hydrogen-bond acceptors (Lipinski definition) is 4. The smallest absolute Gasteiger partial charge is 0.217 e. The minimum absolute atomic E-state index is 0.0159. The van der Waals surface area contributed by atoms with Crippen LogP contribution in [0.3, 0.4) is 0 Å². The molecule has 1 aliphatic rings. The van der Waals surface area contributed by atoms with Crippen LogP contribution in [0.4, 0.5) is 0 Å². The van der Waals surface area contributed by atoms with Gasteiger partial charge in [0.1, 0.15) is 5.58 Å². The number of pyridine rings is 1. The Bertz CT molecular complexity index is 1700. The molecule has 5 heteroatoms. The Hall–Kier alpha value is -2.99. The SMILES string of the molecule is C=C(COC)C1C(CCO)c2ccc3c(oc4c3ccc3ccsc34)c2-c2cc(CC(C)(C)C)c(C)c[n+]21. The van der Waals surface area contributed by atoms with Crippen LogP contribution in [0, 0.1) is 12.3 Å². The Kier molecular flexibility index (Phi) is 6.21. The second-order valence-corrected chi connectivity index (χ2v) is 12.9. The first-order valence-electron chi connectivity index (χ1n) is 13.4. The highest BCUT2D eigenvalue weighted by atomic mass is 32.1. The normalized spacial score (nSPS) is 17.3. The zero-order valence-electron chi connectivity index (χ0n) is 22.9.